The number of hydrogen-bond acceptors (Lipinski definition) is 3. The van der Waals surface area contributed by atoms with Crippen LogP contribution in [0.5, 0.6) is 0 Å². The van der Waals surface area contributed by atoms with E-state index in [0.717, 1.165) is 12.1 Å². The molecular weight excluding hydrogens is 314 g/mol. The molecule has 0 aromatic heterocycles. The minimum atomic E-state index is -6.02. The summed E-state index contributed by atoms with van der Waals surface area (Å²) in [6.45, 7) is 0. The SMILES string of the molecule is CS(=O)(=O)OC(c1ccccc1)(C(F)(F)F)C(F)(F)F. The lowest BCUT2D eigenvalue weighted by Crippen LogP contribution is -2.56. The zero-order valence-corrected chi connectivity index (χ0v) is 10.6. The molecule has 0 bridgehead atoms. The minimum Gasteiger partial charge on any atom is -0.239 e. The lowest BCUT2D eigenvalue weighted by atomic mass is 9.92. The fourth-order valence-electron chi connectivity index (χ4n) is 1.53. The summed E-state index contributed by atoms with van der Waals surface area (Å²) in [4.78, 5) is 0. The van der Waals surface area contributed by atoms with Crippen LogP contribution in [0.3, 0.4) is 0 Å². The first kappa shape index (κ1) is 16.8. The Balaban J connectivity index is 3.69. The average Bonchev–Trinajstić information content (AvgIpc) is 2.22. The number of benzene rings is 1. The quantitative estimate of drug-likeness (QED) is 0.635. The van der Waals surface area contributed by atoms with E-state index in [-0.39, 0.29) is 6.26 Å². The first-order chi connectivity index (χ1) is 8.81. The van der Waals surface area contributed by atoms with Gasteiger partial charge >= 0.3 is 18.0 Å². The Morgan fingerprint density at radius 2 is 1.30 bits per heavy atom. The molecular formula is C10H8F6O3S. The van der Waals surface area contributed by atoms with Crippen LogP contribution in [0.2, 0.25) is 0 Å². The molecule has 0 radical (unpaired) electrons. The molecule has 10 heteroatoms. The molecule has 0 spiro atoms. The standard InChI is InChI=1S/C10H8F6O3S/c1-20(17,18)19-8(9(11,12)13,10(14,15)16)7-5-3-2-4-6-7/h2-6H,1H3. The summed E-state index contributed by atoms with van der Waals surface area (Å²) >= 11 is 0. The van der Waals surface area contributed by atoms with Gasteiger partial charge in [0, 0.05) is 5.56 Å². The van der Waals surface area contributed by atoms with Crippen LogP contribution in [-0.4, -0.2) is 27.0 Å². The van der Waals surface area contributed by atoms with Gasteiger partial charge in [0.05, 0.1) is 6.26 Å². The maximum absolute atomic E-state index is 13.0. The van der Waals surface area contributed by atoms with Gasteiger partial charge in [0.2, 0.25) is 0 Å². The fraction of sp³-hybridized carbons (Fsp3) is 0.400. The molecule has 0 heterocycles. The van der Waals surface area contributed by atoms with Gasteiger partial charge in [-0.2, -0.15) is 34.8 Å². The molecule has 0 saturated carbocycles. The largest absolute Gasteiger partial charge is 0.432 e. The molecule has 0 fully saturated rings. The van der Waals surface area contributed by atoms with E-state index in [0.29, 0.717) is 12.1 Å². The molecule has 114 valence electrons. The van der Waals surface area contributed by atoms with Gasteiger partial charge in [-0.15, -0.1) is 0 Å². The van der Waals surface area contributed by atoms with Crippen LogP contribution in [0.25, 0.3) is 0 Å². The Kier molecular flexibility index (Phi) is 4.12. The molecule has 1 aromatic carbocycles. The maximum Gasteiger partial charge on any atom is 0.432 e. The zero-order valence-electron chi connectivity index (χ0n) is 9.79. The van der Waals surface area contributed by atoms with Gasteiger partial charge in [-0.25, -0.2) is 4.18 Å². The molecule has 3 nitrogen and oxygen atoms in total. The van der Waals surface area contributed by atoms with Crippen LogP contribution in [0.1, 0.15) is 5.56 Å². The average molecular weight is 322 g/mol. The van der Waals surface area contributed by atoms with Crippen molar-refractivity contribution < 1.29 is 38.9 Å². The van der Waals surface area contributed by atoms with Gasteiger partial charge in [-0.3, -0.25) is 0 Å². The van der Waals surface area contributed by atoms with E-state index in [1.54, 1.807) is 0 Å². The van der Waals surface area contributed by atoms with Crippen LogP contribution >= 0.6 is 0 Å². The lowest BCUT2D eigenvalue weighted by Gasteiger charge is -2.36. The van der Waals surface area contributed by atoms with E-state index < -0.39 is 33.6 Å². The minimum absolute atomic E-state index is 0.113. The smallest absolute Gasteiger partial charge is 0.239 e. The topological polar surface area (TPSA) is 43.4 Å². The Bertz CT molecular complexity index is 547. The van der Waals surface area contributed by atoms with Crippen molar-refractivity contribution in [1.29, 1.82) is 0 Å². The summed E-state index contributed by atoms with van der Waals surface area (Å²) in [6, 6.07) is 3.99. The van der Waals surface area contributed by atoms with Crippen LogP contribution < -0.4 is 0 Å². The Morgan fingerprint density at radius 1 is 0.900 bits per heavy atom. The van der Waals surface area contributed by atoms with Crippen molar-refractivity contribution >= 4 is 10.1 Å². The van der Waals surface area contributed by atoms with Crippen LogP contribution in [-0.2, 0) is 19.9 Å². The maximum atomic E-state index is 13.0. The summed E-state index contributed by atoms with van der Waals surface area (Å²) < 4.78 is 103. The Morgan fingerprint density at radius 3 is 1.60 bits per heavy atom. The zero-order chi connectivity index (χ0) is 15.8. The Labute approximate surface area is 110 Å². The number of hydrogen-bond donors (Lipinski definition) is 0. The molecule has 1 rings (SSSR count). The van der Waals surface area contributed by atoms with Gasteiger partial charge in [0.15, 0.2) is 0 Å². The third-order valence-electron chi connectivity index (χ3n) is 2.26. The molecule has 1 aromatic rings. The highest BCUT2D eigenvalue weighted by atomic mass is 32.2. The van der Waals surface area contributed by atoms with Gasteiger partial charge in [-0.1, -0.05) is 30.3 Å². The second-order valence-corrected chi connectivity index (χ2v) is 5.41. The van der Waals surface area contributed by atoms with Crippen molar-refractivity contribution in [1.82, 2.24) is 0 Å². The highest BCUT2D eigenvalue weighted by molar-refractivity contribution is 7.86. The first-order valence-electron chi connectivity index (χ1n) is 4.91. The summed E-state index contributed by atoms with van der Waals surface area (Å²) in [6.07, 6.45) is -11.9. The molecule has 0 saturated heterocycles. The van der Waals surface area contributed by atoms with Gasteiger partial charge in [0.1, 0.15) is 0 Å². The van der Waals surface area contributed by atoms with Crippen molar-refractivity contribution in [3.63, 3.8) is 0 Å². The molecule has 0 aliphatic rings. The van der Waals surface area contributed by atoms with Gasteiger partial charge in [0.25, 0.3) is 10.1 Å². The second kappa shape index (κ2) is 4.92. The highest BCUT2D eigenvalue weighted by Gasteiger charge is 2.75. The van der Waals surface area contributed by atoms with E-state index in [1.807, 2.05) is 0 Å². The fourth-order valence-corrected chi connectivity index (χ4v) is 2.27. The third-order valence-corrected chi connectivity index (χ3v) is 2.81. The van der Waals surface area contributed by atoms with Crippen LogP contribution in [0.4, 0.5) is 26.3 Å². The van der Waals surface area contributed by atoms with Crippen LogP contribution in [0, 0.1) is 0 Å². The van der Waals surface area contributed by atoms with Crippen molar-refractivity contribution in [2.75, 3.05) is 6.26 Å². The van der Waals surface area contributed by atoms with Gasteiger partial charge < -0.3 is 0 Å². The predicted molar refractivity (Wildman–Crippen MR) is 56.2 cm³/mol. The first-order valence-corrected chi connectivity index (χ1v) is 6.72. The van der Waals surface area contributed by atoms with E-state index in [9.17, 15) is 34.8 Å². The molecule has 20 heavy (non-hydrogen) atoms. The number of halogens is 6. The molecule has 0 aliphatic carbocycles. The Hall–Kier alpha value is -1.29. The monoisotopic (exact) mass is 322 g/mol. The summed E-state index contributed by atoms with van der Waals surface area (Å²) in [5, 5.41) is 0. The van der Waals surface area contributed by atoms with Crippen molar-refractivity contribution in [3.05, 3.63) is 35.9 Å². The number of alkyl halides is 6. The van der Waals surface area contributed by atoms with Gasteiger partial charge in [-0.05, 0) is 0 Å². The number of rotatable bonds is 3. The molecule has 0 amide bonds. The third kappa shape index (κ3) is 3.06. The predicted octanol–water partition coefficient (Wildman–Crippen LogP) is 2.98. The summed E-state index contributed by atoms with van der Waals surface area (Å²) in [7, 11) is -5.04. The van der Waals surface area contributed by atoms with E-state index >= 15 is 0 Å². The molecule has 0 atom stereocenters. The molecule has 0 unspecified atom stereocenters. The molecule has 0 aliphatic heterocycles. The van der Waals surface area contributed by atoms with Crippen molar-refractivity contribution in [3.8, 4) is 0 Å². The van der Waals surface area contributed by atoms with E-state index in [2.05, 4.69) is 4.18 Å². The summed E-state index contributed by atoms with van der Waals surface area (Å²) in [5.41, 5.74) is -6.31. The van der Waals surface area contributed by atoms with E-state index in [4.69, 9.17) is 0 Å². The second-order valence-electron chi connectivity index (χ2n) is 3.83. The lowest BCUT2D eigenvalue weighted by molar-refractivity contribution is -0.364. The summed E-state index contributed by atoms with van der Waals surface area (Å²) in [5.74, 6) is 0. The highest BCUT2D eigenvalue weighted by Crippen LogP contribution is 2.53. The van der Waals surface area contributed by atoms with Crippen molar-refractivity contribution in [2.24, 2.45) is 0 Å². The normalized spacial score (nSPS) is 14.3. The molecule has 0 N–H and O–H groups in total. The van der Waals surface area contributed by atoms with E-state index in [1.165, 1.54) is 6.07 Å². The van der Waals surface area contributed by atoms with Crippen molar-refractivity contribution in [2.45, 2.75) is 18.0 Å². The van der Waals surface area contributed by atoms with Crippen LogP contribution in [0.15, 0.2) is 30.3 Å².